The van der Waals surface area contributed by atoms with Crippen LogP contribution >= 0.6 is 0 Å². The second-order valence-corrected chi connectivity index (χ2v) is 14.9. The fraction of sp³-hybridized carbons (Fsp3) is 0.500. The monoisotopic (exact) mass is 839 g/mol. The lowest BCUT2D eigenvalue weighted by molar-refractivity contribution is -0.135. The zero-order chi connectivity index (χ0) is 44.4. The number of primary amides is 1. The Labute approximate surface area is 347 Å². The van der Waals surface area contributed by atoms with Crippen molar-refractivity contribution in [2.24, 2.45) is 11.7 Å². The first-order valence-electron chi connectivity index (χ1n) is 19.7. The Hall–Kier alpha value is -6.12. The van der Waals surface area contributed by atoms with Crippen LogP contribution in [0.25, 0.3) is 0 Å². The van der Waals surface area contributed by atoms with E-state index in [1.54, 1.807) is 30.3 Å². The van der Waals surface area contributed by atoms with Crippen molar-refractivity contribution in [2.45, 2.75) is 95.2 Å². The maximum absolute atomic E-state index is 13.8. The van der Waals surface area contributed by atoms with Crippen molar-refractivity contribution >= 4 is 47.3 Å². The molecular formula is C40H57N9O11. The fourth-order valence-electron chi connectivity index (χ4n) is 6.18. The van der Waals surface area contributed by atoms with Crippen molar-refractivity contribution in [3.63, 3.8) is 0 Å². The van der Waals surface area contributed by atoms with Crippen molar-refractivity contribution in [1.82, 2.24) is 42.5 Å². The summed E-state index contributed by atoms with van der Waals surface area (Å²) in [4.78, 5) is 104. The second kappa shape index (κ2) is 24.1. The number of aliphatic hydroxyl groups is 2. The van der Waals surface area contributed by atoms with Gasteiger partial charge in [0.05, 0.1) is 25.8 Å². The summed E-state index contributed by atoms with van der Waals surface area (Å²) in [5.74, 6) is -6.42. The molecule has 13 N–H and O–H groups in total. The van der Waals surface area contributed by atoms with Crippen molar-refractivity contribution in [1.29, 1.82) is 0 Å². The number of hydrogen-bond acceptors (Lipinski definition) is 12. The SMILES string of the molecule is CC(C)CC(NC(=O)CNC(=O)C(Cc1ccccc1)NC(=O)C(CO)NC(=O)C(Cc1ccc(O)cc1)NC(=O)C(C)NC(=O)C(CO)NC(=O)C1CCCN1)C(N)=O. The third kappa shape index (κ3) is 15.9. The topological polar surface area (TPSA) is 320 Å². The number of phenolic OH excluding ortho intramolecular Hbond substituents is 1. The minimum absolute atomic E-state index is 0.0319. The molecule has 0 bridgehead atoms. The van der Waals surface area contributed by atoms with E-state index in [2.05, 4.69) is 42.5 Å². The third-order valence-electron chi connectivity index (χ3n) is 9.49. The highest BCUT2D eigenvalue weighted by atomic mass is 16.3. The van der Waals surface area contributed by atoms with Gasteiger partial charge >= 0.3 is 0 Å². The average molecular weight is 840 g/mol. The highest BCUT2D eigenvalue weighted by Gasteiger charge is 2.33. The van der Waals surface area contributed by atoms with Gasteiger partial charge in [0, 0.05) is 12.8 Å². The molecule has 1 fully saturated rings. The van der Waals surface area contributed by atoms with E-state index in [0.29, 0.717) is 24.1 Å². The number of nitrogens with one attached hydrogen (secondary N) is 8. The first kappa shape index (κ1) is 48.3. The van der Waals surface area contributed by atoms with Gasteiger partial charge in [0.25, 0.3) is 0 Å². The van der Waals surface area contributed by atoms with E-state index < -0.39 is 109 Å². The normalized spacial score (nSPS) is 16.5. The number of aromatic hydroxyl groups is 1. The Balaban J connectivity index is 1.73. The first-order chi connectivity index (χ1) is 28.5. The molecule has 3 rings (SSSR count). The number of nitrogens with two attached hydrogens (primary N) is 1. The smallest absolute Gasteiger partial charge is 0.245 e. The summed E-state index contributed by atoms with van der Waals surface area (Å²) in [6.07, 6.45) is 1.34. The molecular weight excluding hydrogens is 782 g/mol. The highest BCUT2D eigenvalue weighted by molar-refractivity contribution is 5.97. The van der Waals surface area contributed by atoms with Crippen molar-refractivity contribution in [2.75, 3.05) is 26.3 Å². The largest absolute Gasteiger partial charge is 0.508 e. The summed E-state index contributed by atoms with van der Waals surface area (Å²) in [5, 5.41) is 50.0. The summed E-state index contributed by atoms with van der Waals surface area (Å²) >= 11 is 0. The zero-order valence-electron chi connectivity index (χ0n) is 33.9. The second-order valence-electron chi connectivity index (χ2n) is 14.9. The van der Waals surface area contributed by atoms with Crippen LogP contribution in [-0.4, -0.2) is 131 Å². The molecule has 60 heavy (non-hydrogen) atoms. The fourth-order valence-corrected chi connectivity index (χ4v) is 6.18. The van der Waals surface area contributed by atoms with Crippen LogP contribution in [-0.2, 0) is 51.2 Å². The lowest BCUT2D eigenvalue weighted by Crippen LogP contribution is -2.60. The predicted octanol–water partition coefficient (Wildman–Crippen LogP) is -3.51. The molecule has 1 aliphatic heterocycles. The summed E-state index contributed by atoms with van der Waals surface area (Å²) in [7, 11) is 0. The molecule has 0 radical (unpaired) electrons. The van der Waals surface area contributed by atoms with Crippen LogP contribution in [0.5, 0.6) is 5.75 Å². The van der Waals surface area contributed by atoms with Crippen molar-refractivity contribution < 1.29 is 53.7 Å². The van der Waals surface area contributed by atoms with Gasteiger partial charge in [-0.3, -0.25) is 38.4 Å². The van der Waals surface area contributed by atoms with E-state index in [4.69, 9.17) is 5.73 Å². The van der Waals surface area contributed by atoms with Crippen LogP contribution in [0.15, 0.2) is 54.6 Å². The van der Waals surface area contributed by atoms with Crippen LogP contribution in [0.2, 0.25) is 0 Å². The molecule has 1 aliphatic rings. The summed E-state index contributed by atoms with van der Waals surface area (Å²) in [6, 6.07) is 5.68. The molecule has 7 atom stereocenters. The Morgan fingerprint density at radius 3 is 1.77 bits per heavy atom. The minimum atomic E-state index is -1.65. The van der Waals surface area contributed by atoms with Crippen LogP contribution in [0.3, 0.4) is 0 Å². The van der Waals surface area contributed by atoms with E-state index in [1.807, 2.05) is 13.8 Å². The van der Waals surface area contributed by atoms with Gasteiger partial charge in [0.2, 0.25) is 47.3 Å². The molecule has 328 valence electrons. The van der Waals surface area contributed by atoms with Crippen LogP contribution < -0.4 is 48.3 Å². The maximum Gasteiger partial charge on any atom is 0.245 e. The van der Waals surface area contributed by atoms with Crippen LogP contribution in [0, 0.1) is 5.92 Å². The quantitative estimate of drug-likeness (QED) is 0.0519. The number of carbonyl (C=O) groups excluding carboxylic acids is 8. The molecule has 8 amide bonds. The van der Waals surface area contributed by atoms with Gasteiger partial charge in [0.15, 0.2) is 0 Å². The molecule has 20 heteroatoms. The van der Waals surface area contributed by atoms with Crippen LogP contribution in [0.1, 0.15) is 51.2 Å². The van der Waals surface area contributed by atoms with Gasteiger partial charge < -0.3 is 63.6 Å². The maximum atomic E-state index is 13.8. The molecule has 7 unspecified atom stereocenters. The number of amides is 8. The third-order valence-corrected chi connectivity index (χ3v) is 9.49. The number of aliphatic hydroxyl groups excluding tert-OH is 2. The molecule has 20 nitrogen and oxygen atoms in total. The van der Waals surface area contributed by atoms with Gasteiger partial charge in [-0.2, -0.15) is 0 Å². The molecule has 0 aromatic heterocycles. The Morgan fingerprint density at radius 2 is 1.20 bits per heavy atom. The standard InChI is InChI=1S/C40H57N9O11/c1-22(2)16-28(34(41)54)45-33(53)19-43-36(56)29(17-24-8-5-4-6-9-24)47-40(60)32(21-51)49-38(58)30(18-25-11-13-26(52)14-12-25)46-35(55)23(3)44-39(59)31(20-50)48-37(57)27-10-7-15-42-27/h4-6,8-9,11-14,22-23,27-32,42,50-52H,7,10,15-21H2,1-3H3,(H2,41,54)(H,43,56)(H,44,59)(H,45,53)(H,46,55)(H,47,60)(H,48,57)(H,49,58). The number of phenols is 1. The van der Waals surface area contributed by atoms with E-state index in [-0.39, 0.29) is 30.9 Å². The molecule has 2 aromatic carbocycles. The Kier molecular flexibility index (Phi) is 19.4. The summed E-state index contributed by atoms with van der Waals surface area (Å²) in [5.41, 5.74) is 6.50. The van der Waals surface area contributed by atoms with E-state index in [0.717, 1.165) is 6.42 Å². The number of benzene rings is 2. The van der Waals surface area contributed by atoms with E-state index in [9.17, 15) is 53.7 Å². The van der Waals surface area contributed by atoms with E-state index in [1.165, 1.54) is 31.2 Å². The van der Waals surface area contributed by atoms with E-state index >= 15 is 0 Å². The number of rotatable bonds is 23. The molecule has 2 aromatic rings. The van der Waals surface area contributed by atoms with Gasteiger partial charge in [-0.05, 0) is 61.9 Å². The highest BCUT2D eigenvalue weighted by Crippen LogP contribution is 2.12. The van der Waals surface area contributed by atoms with Crippen LogP contribution in [0.4, 0.5) is 0 Å². The molecule has 0 spiro atoms. The Bertz CT molecular complexity index is 1790. The lowest BCUT2D eigenvalue weighted by Gasteiger charge is -2.26. The number of hydrogen-bond donors (Lipinski definition) is 12. The molecule has 0 aliphatic carbocycles. The minimum Gasteiger partial charge on any atom is -0.508 e. The summed E-state index contributed by atoms with van der Waals surface area (Å²) in [6.45, 7) is 3.36. The lowest BCUT2D eigenvalue weighted by atomic mass is 10.0. The van der Waals surface area contributed by atoms with Gasteiger partial charge in [-0.25, -0.2) is 0 Å². The zero-order valence-corrected chi connectivity index (χ0v) is 33.9. The molecule has 1 heterocycles. The molecule has 1 saturated heterocycles. The van der Waals surface area contributed by atoms with Gasteiger partial charge in [0.1, 0.15) is 42.0 Å². The Morgan fingerprint density at radius 1 is 0.667 bits per heavy atom. The predicted molar refractivity (Wildman–Crippen MR) is 216 cm³/mol. The van der Waals surface area contributed by atoms with Gasteiger partial charge in [-0.15, -0.1) is 0 Å². The summed E-state index contributed by atoms with van der Waals surface area (Å²) < 4.78 is 0. The first-order valence-corrected chi connectivity index (χ1v) is 19.7. The average Bonchev–Trinajstić information content (AvgIpc) is 3.76. The van der Waals surface area contributed by atoms with Crippen molar-refractivity contribution in [3.05, 3.63) is 65.7 Å². The number of carbonyl (C=O) groups is 8. The van der Waals surface area contributed by atoms with Gasteiger partial charge in [-0.1, -0.05) is 56.3 Å². The molecule has 0 saturated carbocycles. The van der Waals surface area contributed by atoms with Crippen molar-refractivity contribution in [3.8, 4) is 5.75 Å².